The van der Waals surface area contributed by atoms with Gasteiger partial charge < -0.3 is 14.2 Å². The van der Waals surface area contributed by atoms with E-state index in [4.69, 9.17) is 4.74 Å². The molecule has 0 N–H and O–H groups in total. The Hall–Kier alpha value is -2.30. The lowest BCUT2D eigenvalue weighted by Gasteiger charge is -2.16. The highest BCUT2D eigenvalue weighted by atomic mass is 16.5. The molecule has 0 bridgehead atoms. The lowest BCUT2D eigenvalue weighted by molar-refractivity contribution is -0.130. The van der Waals surface area contributed by atoms with E-state index in [0.717, 1.165) is 31.3 Å². The maximum Gasteiger partial charge on any atom is 0.258 e. The Labute approximate surface area is 122 Å². The van der Waals surface area contributed by atoms with Crippen molar-refractivity contribution in [3.8, 4) is 5.75 Å². The largest absolute Gasteiger partial charge is 0.497 e. The van der Waals surface area contributed by atoms with Crippen LogP contribution in [0.1, 0.15) is 12.8 Å². The minimum Gasteiger partial charge on any atom is -0.497 e. The highest BCUT2D eigenvalue weighted by molar-refractivity contribution is 5.83. The first-order chi connectivity index (χ1) is 10.2. The van der Waals surface area contributed by atoms with Crippen LogP contribution < -0.4 is 10.3 Å². The van der Waals surface area contributed by atoms with E-state index < -0.39 is 0 Å². The summed E-state index contributed by atoms with van der Waals surface area (Å²) in [6.07, 6.45) is 3.79. The number of pyridine rings is 1. The maximum absolute atomic E-state index is 12.4. The summed E-state index contributed by atoms with van der Waals surface area (Å²) in [7, 11) is 1.59. The number of aromatic nitrogens is 1. The van der Waals surface area contributed by atoms with Crippen molar-refractivity contribution in [3.05, 3.63) is 40.8 Å². The van der Waals surface area contributed by atoms with Gasteiger partial charge in [-0.05, 0) is 42.5 Å². The second-order valence-corrected chi connectivity index (χ2v) is 5.29. The van der Waals surface area contributed by atoms with Gasteiger partial charge in [-0.1, -0.05) is 0 Å². The SMILES string of the molecule is COc1ccc2c(=O)n(CC(=O)N3CCCC3)ccc2c1. The zero-order valence-corrected chi connectivity index (χ0v) is 12.0. The first-order valence-corrected chi connectivity index (χ1v) is 7.14. The van der Waals surface area contributed by atoms with Crippen molar-refractivity contribution < 1.29 is 9.53 Å². The molecule has 110 valence electrons. The number of hydrogen-bond donors (Lipinski definition) is 0. The highest BCUT2D eigenvalue weighted by Gasteiger charge is 2.18. The first-order valence-electron chi connectivity index (χ1n) is 7.14. The molecule has 1 aromatic heterocycles. The smallest absolute Gasteiger partial charge is 0.258 e. The van der Waals surface area contributed by atoms with Gasteiger partial charge in [-0.2, -0.15) is 0 Å². The van der Waals surface area contributed by atoms with Crippen LogP contribution in [0.25, 0.3) is 10.8 Å². The molecule has 3 rings (SSSR count). The molecule has 0 radical (unpaired) electrons. The molecule has 2 heterocycles. The number of rotatable bonds is 3. The van der Waals surface area contributed by atoms with Gasteiger partial charge in [-0.25, -0.2) is 0 Å². The molecular weight excluding hydrogens is 268 g/mol. The van der Waals surface area contributed by atoms with Crippen molar-refractivity contribution in [1.82, 2.24) is 9.47 Å². The summed E-state index contributed by atoms with van der Waals surface area (Å²) in [6.45, 7) is 1.72. The molecule has 0 saturated carbocycles. The quantitative estimate of drug-likeness (QED) is 0.862. The van der Waals surface area contributed by atoms with E-state index in [1.807, 2.05) is 17.0 Å². The van der Waals surface area contributed by atoms with Gasteiger partial charge >= 0.3 is 0 Å². The average Bonchev–Trinajstić information content (AvgIpc) is 3.04. The molecule has 1 amide bonds. The summed E-state index contributed by atoms with van der Waals surface area (Å²) in [5.74, 6) is 0.732. The van der Waals surface area contributed by atoms with E-state index >= 15 is 0 Å². The summed E-state index contributed by atoms with van der Waals surface area (Å²) in [5.41, 5.74) is -0.136. The zero-order valence-electron chi connectivity index (χ0n) is 12.0. The fourth-order valence-corrected chi connectivity index (χ4v) is 2.73. The molecular formula is C16H18N2O3. The Morgan fingerprint density at radius 3 is 2.71 bits per heavy atom. The van der Waals surface area contributed by atoms with Crippen LogP contribution in [0.5, 0.6) is 5.75 Å². The number of ether oxygens (including phenoxy) is 1. The highest BCUT2D eigenvalue weighted by Crippen LogP contribution is 2.18. The van der Waals surface area contributed by atoms with E-state index in [1.54, 1.807) is 25.4 Å². The number of carbonyl (C=O) groups is 1. The Kier molecular flexibility index (Phi) is 3.64. The molecule has 1 aromatic carbocycles. The normalized spacial score (nSPS) is 14.6. The monoisotopic (exact) mass is 286 g/mol. The minimum absolute atomic E-state index is 0.0162. The van der Waals surface area contributed by atoms with Crippen molar-refractivity contribution in [2.24, 2.45) is 0 Å². The number of nitrogens with zero attached hydrogens (tertiary/aromatic N) is 2. The molecule has 0 unspecified atom stereocenters. The van der Waals surface area contributed by atoms with Gasteiger partial charge in [0.1, 0.15) is 12.3 Å². The molecule has 1 aliphatic rings. The predicted molar refractivity (Wildman–Crippen MR) is 80.6 cm³/mol. The molecule has 5 nitrogen and oxygen atoms in total. The van der Waals surface area contributed by atoms with Gasteiger partial charge in [0.05, 0.1) is 7.11 Å². The molecule has 5 heteroatoms. The summed E-state index contributed by atoms with van der Waals surface area (Å²) >= 11 is 0. The molecule has 0 atom stereocenters. The summed E-state index contributed by atoms with van der Waals surface area (Å²) in [6, 6.07) is 7.17. The van der Waals surface area contributed by atoms with Gasteiger partial charge in [0.15, 0.2) is 0 Å². The van der Waals surface area contributed by atoms with Crippen LogP contribution in [0.4, 0.5) is 0 Å². The van der Waals surface area contributed by atoms with E-state index in [2.05, 4.69) is 0 Å². The van der Waals surface area contributed by atoms with Crippen molar-refractivity contribution >= 4 is 16.7 Å². The van der Waals surface area contributed by atoms with Crippen molar-refractivity contribution in [1.29, 1.82) is 0 Å². The van der Waals surface area contributed by atoms with Gasteiger partial charge in [0.2, 0.25) is 5.91 Å². The minimum atomic E-state index is -0.136. The number of hydrogen-bond acceptors (Lipinski definition) is 3. The van der Waals surface area contributed by atoms with E-state index in [-0.39, 0.29) is 18.0 Å². The Morgan fingerprint density at radius 1 is 1.24 bits per heavy atom. The number of carbonyl (C=O) groups excluding carboxylic acids is 1. The van der Waals surface area contributed by atoms with Gasteiger partial charge in [0, 0.05) is 24.7 Å². The van der Waals surface area contributed by atoms with Crippen LogP contribution in [-0.2, 0) is 11.3 Å². The third-order valence-electron chi connectivity index (χ3n) is 3.95. The molecule has 1 saturated heterocycles. The van der Waals surface area contributed by atoms with Gasteiger partial charge in [-0.15, -0.1) is 0 Å². The molecule has 0 aliphatic carbocycles. The van der Waals surface area contributed by atoms with Crippen molar-refractivity contribution in [2.75, 3.05) is 20.2 Å². The lowest BCUT2D eigenvalue weighted by Crippen LogP contribution is -2.34. The van der Waals surface area contributed by atoms with Crippen LogP contribution in [0.15, 0.2) is 35.3 Å². The second kappa shape index (κ2) is 5.60. The third kappa shape index (κ3) is 2.63. The molecule has 0 spiro atoms. The van der Waals surface area contributed by atoms with Crippen LogP contribution in [0, 0.1) is 0 Å². The standard InChI is InChI=1S/C16H18N2O3/c1-21-13-4-5-14-12(10-13)6-9-18(16(14)20)11-15(19)17-7-2-3-8-17/h4-6,9-10H,2-3,7-8,11H2,1H3. The number of amides is 1. The third-order valence-corrected chi connectivity index (χ3v) is 3.95. The van der Waals surface area contributed by atoms with E-state index in [1.165, 1.54) is 4.57 Å². The average molecular weight is 286 g/mol. The molecule has 1 fully saturated rings. The van der Waals surface area contributed by atoms with Crippen LogP contribution in [-0.4, -0.2) is 35.6 Å². The summed E-state index contributed by atoms with van der Waals surface area (Å²) in [5, 5.41) is 1.43. The predicted octanol–water partition coefficient (Wildman–Crippen LogP) is 1.63. The fourth-order valence-electron chi connectivity index (χ4n) is 2.73. The number of methoxy groups -OCH3 is 1. The molecule has 21 heavy (non-hydrogen) atoms. The van der Waals surface area contributed by atoms with Gasteiger partial charge in [-0.3, -0.25) is 9.59 Å². The Bertz CT molecular complexity index is 730. The van der Waals surface area contributed by atoms with E-state index in [0.29, 0.717) is 11.1 Å². The fraction of sp³-hybridized carbons (Fsp3) is 0.375. The van der Waals surface area contributed by atoms with Crippen LogP contribution in [0.3, 0.4) is 0 Å². The maximum atomic E-state index is 12.4. The zero-order chi connectivity index (χ0) is 14.8. The summed E-state index contributed by atoms with van der Waals surface area (Å²) < 4.78 is 6.64. The molecule has 1 aliphatic heterocycles. The van der Waals surface area contributed by atoms with E-state index in [9.17, 15) is 9.59 Å². The van der Waals surface area contributed by atoms with Crippen molar-refractivity contribution in [2.45, 2.75) is 19.4 Å². The van der Waals surface area contributed by atoms with Crippen LogP contribution in [0.2, 0.25) is 0 Å². The van der Waals surface area contributed by atoms with Crippen LogP contribution >= 0.6 is 0 Å². The molecule has 2 aromatic rings. The number of benzene rings is 1. The number of likely N-dealkylation sites (tertiary alicyclic amines) is 1. The van der Waals surface area contributed by atoms with Gasteiger partial charge in [0.25, 0.3) is 5.56 Å². The van der Waals surface area contributed by atoms with Crippen molar-refractivity contribution in [3.63, 3.8) is 0 Å². The second-order valence-electron chi connectivity index (χ2n) is 5.29. The Morgan fingerprint density at radius 2 is 2.00 bits per heavy atom. The summed E-state index contributed by atoms with van der Waals surface area (Å²) in [4.78, 5) is 26.4. The number of fused-ring (bicyclic) bond motifs is 1. The Balaban J connectivity index is 1.91. The topological polar surface area (TPSA) is 51.5 Å². The lowest BCUT2D eigenvalue weighted by atomic mass is 10.1. The first kappa shape index (κ1) is 13.7.